The van der Waals surface area contributed by atoms with Crippen LogP contribution in [0.25, 0.3) is 0 Å². The summed E-state index contributed by atoms with van der Waals surface area (Å²) in [4.78, 5) is 2.49. The summed E-state index contributed by atoms with van der Waals surface area (Å²) >= 11 is 0. The Morgan fingerprint density at radius 1 is 0.552 bits per heavy atom. The van der Waals surface area contributed by atoms with E-state index in [9.17, 15) is 0 Å². The average molecular weight is 408 g/mol. The van der Waals surface area contributed by atoms with Gasteiger partial charge in [0, 0.05) is 6.04 Å². The van der Waals surface area contributed by atoms with Crippen LogP contribution in [0, 0.1) is 11.8 Å². The first-order valence-corrected chi connectivity index (χ1v) is 13.8. The van der Waals surface area contributed by atoms with Gasteiger partial charge in [0.25, 0.3) is 0 Å². The van der Waals surface area contributed by atoms with Gasteiger partial charge in [-0.15, -0.1) is 0 Å². The Hall–Kier alpha value is -0.0400. The first kappa shape index (κ1) is 27.0. The lowest BCUT2D eigenvalue weighted by Crippen LogP contribution is -2.27. The third kappa shape index (κ3) is 15.4. The maximum Gasteiger partial charge on any atom is 0.00891 e. The van der Waals surface area contributed by atoms with Gasteiger partial charge in [-0.1, -0.05) is 129 Å². The Morgan fingerprint density at radius 2 is 0.931 bits per heavy atom. The molecular weight excluding hydrogens is 350 g/mol. The topological polar surface area (TPSA) is 3.24 Å². The molecule has 1 rings (SSSR count). The van der Waals surface area contributed by atoms with Gasteiger partial charge in [0.05, 0.1) is 0 Å². The second-order valence-corrected chi connectivity index (χ2v) is 10.5. The Kier molecular flexibility index (Phi) is 17.4. The Balaban J connectivity index is 1.91. The monoisotopic (exact) mass is 407 g/mol. The van der Waals surface area contributed by atoms with Crippen LogP contribution in [0.3, 0.4) is 0 Å². The van der Waals surface area contributed by atoms with E-state index >= 15 is 0 Å². The Morgan fingerprint density at radius 3 is 1.38 bits per heavy atom. The minimum Gasteiger partial charge on any atom is -0.306 e. The van der Waals surface area contributed by atoms with Crippen molar-refractivity contribution in [1.29, 1.82) is 0 Å². The van der Waals surface area contributed by atoms with E-state index in [1.807, 2.05) is 0 Å². The van der Waals surface area contributed by atoms with E-state index in [1.54, 1.807) is 6.42 Å². The predicted molar refractivity (Wildman–Crippen MR) is 133 cm³/mol. The largest absolute Gasteiger partial charge is 0.306 e. The van der Waals surface area contributed by atoms with Crippen LogP contribution < -0.4 is 0 Å². The molecule has 0 aromatic heterocycles. The number of hydrogen-bond donors (Lipinski definition) is 0. The highest BCUT2D eigenvalue weighted by molar-refractivity contribution is 4.85. The second kappa shape index (κ2) is 18.7. The SMILES string of the molecule is CCCCCCCCCC(CCCCCC1CC1CCCCCCCC)N(C)C. The Labute approximate surface area is 185 Å². The van der Waals surface area contributed by atoms with Gasteiger partial charge in [-0.2, -0.15) is 0 Å². The van der Waals surface area contributed by atoms with E-state index < -0.39 is 0 Å². The van der Waals surface area contributed by atoms with Crippen molar-refractivity contribution in [2.45, 2.75) is 155 Å². The van der Waals surface area contributed by atoms with Crippen LogP contribution in [0.1, 0.15) is 149 Å². The lowest BCUT2D eigenvalue weighted by molar-refractivity contribution is 0.251. The van der Waals surface area contributed by atoms with E-state index in [2.05, 4.69) is 32.8 Å². The van der Waals surface area contributed by atoms with Gasteiger partial charge < -0.3 is 4.90 Å². The summed E-state index contributed by atoms with van der Waals surface area (Å²) in [5, 5.41) is 0. The molecule has 1 aliphatic rings. The third-order valence-electron chi connectivity index (χ3n) is 7.48. The predicted octanol–water partition coefficient (Wildman–Crippen LogP) is 9.39. The van der Waals surface area contributed by atoms with Crippen molar-refractivity contribution in [2.75, 3.05) is 14.1 Å². The molecule has 0 amide bonds. The molecule has 0 aromatic carbocycles. The standard InChI is InChI=1S/C28H57N/c1-5-7-9-11-13-15-19-23-28(29(3)4)24-20-16-18-22-27-25-26(27)21-17-14-12-10-8-6-2/h26-28H,5-25H2,1-4H3. The smallest absolute Gasteiger partial charge is 0.00891 e. The van der Waals surface area contributed by atoms with E-state index in [1.165, 1.54) is 128 Å². The van der Waals surface area contributed by atoms with Crippen LogP contribution >= 0.6 is 0 Å². The highest BCUT2D eigenvalue weighted by atomic mass is 15.1. The van der Waals surface area contributed by atoms with E-state index in [0.717, 1.165) is 17.9 Å². The van der Waals surface area contributed by atoms with E-state index in [-0.39, 0.29) is 0 Å². The molecule has 3 unspecified atom stereocenters. The average Bonchev–Trinajstić information content (AvgIpc) is 3.46. The summed E-state index contributed by atoms with van der Waals surface area (Å²) in [6.45, 7) is 4.62. The number of rotatable bonds is 22. The molecule has 0 spiro atoms. The van der Waals surface area contributed by atoms with Gasteiger partial charge in [0.2, 0.25) is 0 Å². The molecule has 1 saturated carbocycles. The molecule has 0 N–H and O–H groups in total. The first-order chi connectivity index (χ1) is 14.2. The molecule has 0 aromatic rings. The molecule has 29 heavy (non-hydrogen) atoms. The van der Waals surface area contributed by atoms with Crippen LogP contribution in [0.15, 0.2) is 0 Å². The molecule has 0 bridgehead atoms. The third-order valence-corrected chi connectivity index (χ3v) is 7.48. The van der Waals surface area contributed by atoms with Crippen LogP contribution in [0.4, 0.5) is 0 Å². The van der Waals surface area contributed by atoms with Crippen LogP contribution in [0.5, 0.6) is 0 Å². The normalized spacial score (nSPS) is 19.8. The van der Waals surface area contributed by atoms with Crippen LogP contribution in [-0.4, -0.2) is 25.0 Å². The summed E-state index contributed by atoms with van der Waals surface area (Å²) in [5.41, 5.74) is 0. The van der Waals surface area contributed by atoms with Gasteiger partial charge in [-0.25, -0.2) is 0 Å². The van der Waals surface area contributed by atoms with Gasteiger partial charge in [0.1, 0.15) is 0 Å². The highest BCUT2D eigenvalue weighted by Crippen LogP contribution is 2.45. The van der Waals surface area contributed by atoms with Gasteiger partial charge in [0.15, 0.2) is 0 Å². The summed E-state index contributed by atoms with van der Waals surface area (Å²) in [7, 11) is 4.59. The first-order valence-electron chi connectivity index (χ1n) is 13.8. The quantitative estimate of drug-likeness (QED) is 0.161. The van der Waals surface area contributed by atoms with Crippen molar-refractivity contribution in [3.63, 3.8) is 0 Å². The molecule has 1 nitrogen and oxygen atoms in total. The van der Waals surface area contributed by atoms with E-state index in [0.29, 0.717) is 0 Å². The fourth-order valence-corrected chi connectivity index (χ4v) is 5.17. The molecule has 0 heterocycles. The second-order valence-electron chi connectivity index (χ2n) is 10.5. The maximum absolute atomic E-state index is 2.49. The zero-order chi connectivity index (χ0) is 21.2. The van der Waals surface area contributed by atoms with Crippen molar-refractivity contribution in [3.8, 4) is 0 Å². The molecule has 3 atom stereocenters. The highest BCUT2D eigenvalue weighted by Gasteiger charge is 2.35. The van der Waals surface area contributed by atoms with E-state index in [4.69, 9.17) is 0 Å². The minimum atomic E-state index is 0.826. The van der Waals surface area contributed by atoms with Crippen molar-refractivity contribution in [2.24, 2.45) is 11.8 Å². The molecule has 0 aliphatic heterocycles. The number of nitrogens with zero attached hydrogens (tertiary/aromatic N) is 1. The molecule has 1 heteroatoms. The molecule has 0 saturated heterocycles. The lowest BCUT2D eigenvalue weighted by atomic mass is 9.99. The maximum atomic E-state index is 2.49. The van der Waals surface area contributed by atoms with Gasteiger partial charge in [-0.3, -0.25) is 0 Å². The zero-order valence-electron chi connectivity index (χ0n) is 21.0. The van der Waals surface area contributed by atoms with Crippen molar-refractivity contribution < 1.29 is 0 Å². The summed E-state index contributed by atoms with van der Waals surface area (Å²) in [6.07, 6.45) is 30.7. The van der Waals surface area contributed by atoms with Crippen molar-refractivity contribution in [1.82, 2.24) is 4.90 Å². The molecule has 1 aliphatic carbocycles. The number of hydrogen-bond acceptors (Lipinski definition) is 1. The molecule has 1 fully saturated rings. The fraction of sp³-hybridized carbons (Fsp3) is 1.00. The van der Waals surface area contributed by atoms with Gasteiger partial charge in [-0.05, 0) is 45.2 Å². The zero-order valence-corrected chi connectivity index (χ0v) is 21.0. The number of unbranched alkanes of at least 4 members (excludes halogenated alkanes) is 13. The van der Waals surface area contributed by atoms with Gasteiger partial charge >= 0.3 is 0 Å². The van der Waals surface area contributed by atoms with Crippen LogP contribution in [0.2, 0.25) is 0 Å². The fourth-order valence-electron chi connectivity index (χ4n) is 5.17. The summed E-state index contributed by atoms with van der Waals surface area (Å²) < 4.78 is 0. The molecule has 174 valence electrons. The summed E-state index contributed by atoms with van der Waals surface area (Å²) in [5.74, 6) is 2.23. The summed E-state index contributed by atoms with van der Waals surface area (Å²) in [6, 6.07) is 0.826. The van der Waals surface area contributed by atoms with Crippen molar-refractivity contribution in [3.05, 3.63) is 0 Å². The molecule has 0 radical (unpaired) electrons. The lowest BCUT2D eigenvalue weighted by Gasteiger charge is -2.24. The minimum absolute atomic E-state index is 0.826. The van der Waals surface area contributed by atoms with Crippen molar-refractivity contribution >= 4 is 0 Å². The Bertz CT molecular complexity index is 337. The molecular formula is C28H57N. The van der Waals surface area contributed by atoms with Crippen LogP contribution in [-0.2, 0) is 0 Å².